The highest BCUT2D eigenvalue weighted by Gasteiger charge is 2.40. The molecule has 0 aliphatic carbocycles. The molecule has 0 bridgehead atoms. The molecule has 0 saturated carbocycles. The van der Waals surface area contributed by atoms with E-state index in [4.69, 9.17) is 4.74 Å². The van der Waals surface area contributed by atoms with E-state index in [1.54, 1.807) is 24.3 Å². The summed E-state index contributed by atoms with van der Waals surface area (Å²) in [7, 11) is 1.53. The van der Waals surface area contributed by atoms with Gasteiger partial charge in [-0.25, -0.2) is 9.88 Å². The fourth-order valence-electron chi connectivity index (χ4n) is 3.49. The molecule has 4 aromatic rings. The Morgan fingerprint density at radius 2 is 1.82 bits per heavy atom. The molecule has 1 aliphatic heterocycles. The smallest absolute Gasteiger partial charge is 0.267 e. The van der Waals surface area contributed by atoms with Gasteiger partial charge >= 0.3 is 0 Å². The van der Waals surface area contributed by atoms with Gasteiger partial charge in [-0.15, -0.1) is 0 Å². The number of ether oxygens (including phenoxy) is 1. The van der Waals surface area contributed by atoms with Crippen LogP contribution < -0.4 is 9.64 Å². The Bertz CT molecular complexity index is 1250. The van der Waals surface area contributed by atoms with E-state index in [2.05, 4.69) is 15.2 Å². The van der Waals surface area contributed by atoms with Crippen molar-refractivity contribution in [2.24, 2.45) is 0 Å². The number of nitrogens with one attached hydrogen (secondary N) is 1. The molecule has 0 saturated heterocycles. The lowest BCUT2D eigenvalue weighted by atomic mass is 10.0. The van der Waals surface area contributed by atoms with E-state index in [1.165, 1.54) is 13.3 Å². The number of carbonyl (C=O) groups is 2. The molecule has 28 heavy (non-hydrogen) atoms. The lowest BCUT2D eigenvalue weighted by Gasteiger charge is -2.14. The summed E-state index contributed by atoms with van der Waals surface area (Å²) in [5, 5.41) is 7.72. The number of imide groups is 1. The van der Waals surface area contributed by atoms with E-state index >= 15 is 0 Å². The third kappa shape index (κ3) is 2.23. The van der Waals surface area contributed by atoms with E-state index in [-0.39, 0.29) is 5.56 Å². The third-order valence-electron chi connectivity index (χ3n) is 4.81. The minimum absolute atomic E-state index is 0.263. The van der Waals surface area contributed by atoms with Crippen LogP contribution in [0.1, 0.15) is 20.7 Å². The van der Waals surface area contributed by atoms with Crippen molar-refractivity contribution in [2.75, 3.05) is 12.0 Å². The van der Waals surface area contributed by atoms with Gasteiger partial charge in [0, 0.05) is 17.8 Å². The van der Waals surface area contributed by atoms with Gasteiger partial charge < -0.3 is 4.74 Å². The minimum Gasteiger partial charge on any atom is -0.497 e. The molecule has 7 heteroatoms. The zero-order valence-electron chi connectivity index (χ0n) is 14.8. The fraction of sp³-hybridized carbons (Fsp3) is 0.0476. The molecule has 2 aromatic carbocycles. The second-order valence-corrected chi connectivity index (χ2v) is 6.36. The maximum atomic E-state index is 13.3. The molecule has 0 atom stereocenters. The molecule has 5 rings (SSSR count). The maximum absolute atomic E-state index is 13.3. The summed E-state index contributed by atoms with van der Waals surface area (Å²) in [6, 6.07) is 16.4. The number of H-pyrrole nitrogens is 1. The monoisotopic (exact) mass is 370 g/mol. The largest absolute Gasteiger partial charge is 0.497 e. The van der Waals surface area contributed by atoms with Crippen molar-refractivity contribution in [1.29, 1.82) is 0 Å². The Morgan fingerprint density at radius 3 is 2.61 bits per heavy atom. The molecule has 0 fully saturated rings. The van der Waals surface area contributed by atoms with Crippen LogP contribution in [0.25, 0.3) is 22.3 Å². The number of aromatic nitrogens is 3. The third-order valence-corrected chi connectivity index (χ3v) is 4.81. The molecule has 0 spiro atoms. The zero-order chi connectivity index (χ0) is 19.3. The summed E-state index contributed by atoms with van der Waals surface area (Å²) in [4.78, 5) is 31.7. The van der Waals surface area contributed by atoms with Crippen LogP contribution in [-0.2, 0) is 0 Å². The number of benzene rings is 2. The van der Waals surface area contributed by atoms with E-state index in [9.17, 15) is 9.59 Å². The highest BCUT2D eigenvalue weighted by atomic mass is 16.5. The quantitative estimate of drug-likeness (QED) is 0.558. The number of aromatic amines is 1. The molecule has 3 heterocycles. The SMILES string of the molecule is COc1cccc(N2C(=O)c3cnc4n[nH]c(-c5ccccc5)c4c3C2=O)c1. The standard InChI is InChI=1S/C21H14N4O3/c1-28-14-9-5-8-13(10-14)25-20(26)15-11-22-19-17(16(15)21(25)27)18(23-24-19)12-6-3-2-4-7-12/h2-11H,1H3,(H,22,23,24). The molecular weight excluding hydrogens is 356 g/mol. The number of methoxy groups -OCH3 is 1. The van der Waals surface area contributed by atoms with Crippen LogP contribution in [0.15, 0.2) is 60.8 Å². The van der Waals surface area contributed by atoms with E-state index in [0.29, 0.717) is 33.7 Å². The Balaban J connectivity index is 1.72. The number of carbonyl (C=O) groups excluding carboxylic acids is 2. The van der Waals surface area contributed by atoms with E-state index < -0.39 is 11.8 Å². The van der Waals surface area contributed by atoms with Crippen LogP contribution >= 0.6 is 0 Å². The second kappa shape index (κ2) is 6.02. The van der Waals surface area contributed by atoms with Crippen LogP contribution in [0.2, 0.25) is 0 Å². The van der Waals surface area contributed by atoms with Crippen molar-refractivity contribution in [2.45, 2.75) is 0 Å². The molecule has 0 unspecified atom stereocenters. The van der Waals surface area contributed by atoms with Crippen LogP contribution in [0, 0.1) is 0 Å². The van der Waals surface area contributed by atoms with Crippen molar-refractivity contribution in [1.82, 2.24) is 15.2 Å². The lowest BCUT2D eigenvalue weighted by Crippen LogP contribution is -2.29. The lowest BCUT2D eigenvalue weighted by molar-refractivity contribution is 0.0926. The normalized spacial score (nSPS) is 13.2. The zero-order valence-corrected chi connectivity index (χ0v) is 14.8. The summed E-state index contributed by atoms with van der Waals surface area (Å²) in [6.07, 6.45) is 1.41. The summed E-state index contributed by atoms with van der Waals surface area (Å²) in [6.45, 7) is 0. The Morgan fingerprint density at radius 1 is 1.00 bits per heavy atom. The van der Waals surface area contributed by atoms with Gasteiger partial charge in [-0.3, -0.25) is 14.7 Å². The predicted molar refractivity (Wildman–Crippen MR) is 103 cm³/mol. The topological polar surface area (TPSA) is 88.2 Å². The van der Waals surface area contributed by atoms with Crippen LogP contribution in [0.5, 0.6) is 5.75 Å². The summed E-state index contributed by atoms with van der Waals surface area (Å²) >= 11 is 0. The highest BCUT2D eigenvalue weighted by Crippen LogP contribution is 2.36. The maximum Gasteiger partial charge on any atom is 0.267 e. The van der Waals surface area contributed by atoms with Gasteiger partial charge in [-0.2, -0.15) is 5.10 Å². The molecule has 1 aliphatic rings. The van der Waals surface area contributed by atoms with Crippen LogP contribution in [0.3, 0.4) is 0 Å². The average molecular weight is 370 g/mol. The molecule has 2 amide bonds. The van der Waals surface area contributed by atoms with Gasteiger partial charge in [0.1, 0.15) is 5.75 Å². The minimum atomic E-state index is -0.414. The number of hydrogen-bond acceptors (Lipinski definition) is 5. The second-order valence-electron chi connectivity index (χ2n) is 6.36. The van der Waals surface area contributed by atoms with Crippen molar-refractivity contribution < 1.29 is 14.3 Å². The van der Waals surface area contributed by atoms with Gasteiger partial charge in [0.05, 0.1) is 35.0 Å². The predicted octanol–water partition coefficient (Wildman–Crippen LogP) is 3.43. The molecule has 2 aromatic heterocycles. The Kier molecular flexibility index (Phi) is 3.48. The van der Waals surface area contributed by atoms with Crippen molar-refractivity contribution in [3.05, 3.63) is 71.9 Å². The van der Waals surface area contributed by atoms with Crippen LogP contribution in [0.4, 0.5) is 5.69 Å². The molecular formula is C21H14N4O3. The average Bonchev–Trinajstić information content (AvgIpc) is 3.28. The first-order valence-electron chi connectivity index (χ1n) is 8.64. The number of fused-ring (bicyclic) bond motifs is 3. The number of nitrogens with zero attached hydrogens (tertiary/aromatic N) is 3. The van der Waals surface area contributed by atoms with Gasteiger partial charge in [0.15, 0.2) is 5.65 Å². The summed E-state index contributed by atoms with van der Waals surface area (Å²) < 4.78 is 5.22. The van der Waals surface area contributed by atoms with Gasteiger partial charge in [-0.1, -0.05) is 36.4 Å². The van der Waals surface area contributed by atoms with Gasteiger partial charge in [0.2, 0.25) is 0 Å². The molecule has 0 radical (unpaired) electrons. The summed E-state index contributed by atoms with van der Waals surface area (Å²) in [5.74, 6) is -0.257. The molecule has 7 nitrogen and oxygen atoms in total. The number of hydrogen-bond donors (Lipinski definition) is 1. The van der Waals surface area contributed by atoms with Gasteiger partial charge in [0.25, 0.3) is 11.8 Å². The number of anilines is 1. The number of amides is 2. The van der Waals surface area contributed by atoms with Gasteiger partial charge in [-0.05, 0) is 12.1 Å². The van der Waals surface area contributed by atoms with Crippen molar-refractivity contribution in [3.63, 3.8) is 0 Å². The molecule has 1 N–H and O–H groups in total. The first kappa shape index (κ1) is 16.2. The first-order valence-corrected chi connectivity index (χ1v) is 8.64. The first-order chi connectivity index (χ1) is 13.7. The number of pyridine rings is 1. The fourth-order valence-corrected chi connectivity index (χ4v) is 3.49. The van der Waals surface area contributed by atoms with Crippen LogP contribution in [-0.4, -0.2) is 34.1 Å². The number of rotatable bonds is 3. The Hall–Kier alpha value is -4.00. The summed E-state index contributed by atoms with van der Waals surface area (Å²) in [5.41, 5.74) is 2.94. The highest BCUT2D eigenvalue weighted by molar-refractivity contribution is 6.38. The van der Waals surface area contributed by atoms with E-state index in [1.807, 2.05) is 30.3 Å². The van der Waals surface area contributed by atoms with Crippen molar-refractivity contribution >= 4 is 28.5 Å². The molecule has 136 valence electrons. The van der Waals surface area contributed by atoms with Crippen molar-refractivity contribution in [3.8, 4) is 17.0 Å². The Labute approximate surface area is 159 Å². The van der Waals surface area contributed by atoms with E-state index in [0.717, 1.165) is 10.5 Å².